The zero-order valence-electron chi connectivity index (χ0n) is 18.0. The molecule has 0 fully saturated rings. The number of rotatable bonds is 8. The van der Waals surface area contributed by atoms with Gasteiger partial charge in [0.25, 0.3) is 0 Å². The normalized spacial score (nSPS) is 11.5. The van der Waals surface area contributed by atoms with Crippen LogP contribution in [-0.4, -0.2) is 38.4 Å². The van der Waals surface area contributed by atoms with Gasteiger partial charge in [0.15, 0.2) is 11.0 Å². The second kappa shape index (κ2) is 9.62. The molecule has 0 atom stereocenters. The Kier molecular flexibility index (Phi) is 7.15. The first-order valence-electron chi connectivity index (χ1n) is 9.83. The van der Waals surface area contributed by atoms with Gasteiger partial charge in [0.1, 0.15) is 0 Å². The van der Waals surface area contributed by atoms with Gasteiger partial charge in [-0.3, -0.25) is 9.36 Å². The molecule has 1 amide bonds. The summed E-state index contributed by atoms with van der Waals surface area (Å²) in [6.07, 6.45) is 1.82. The van der Waals surface area contributed by atoms with E-state index in [9.17, 15) is 4.79 Å². The van der Waals surface area contributed by atoms with Crippen molar-refractivity contribution < 1.29 is 4.79 Å². The first-order valence-corrected chi connectivity index (χ1v) is 11.7. The molecular formula is C23H28N4OS2. The number of aromatic nitrogens is 3. The number of benzene rings is 1. The third kappa shape index (κ3) is 5.40. The molecule has 0 aliphatic heterocycles. The number of carbonyl (C=O) groups is 1. The van der Waals surface area contributed by atoms with Crippen LogP contribution < -0.4 is 0 Å². The zero-order valence-corrected chi connectivity index (χ0v) is 19.6. The van der Waals surface area contributed by atoms with Gasteiger partial charge in [-0.15, -0.1) is 28.1 Å². The molecule has 0 radical (unpaired) electrons. The number of allylic oxidation sites excluding steroid dienone is 1. The molecule has 7 heteroatoms. The predicted molar refractivity (Wildman–Crippen MR) is 126 cm³/mol. The molecule has 1 aromatic carbocycles. The lowest BCUT2D eigenvalue weighted by Gasteiger charge is -2.19. The molecule has 2 aromatic heterocycles. The zero-order chi connectivity index (χ0) is 21.7. The van der Waals surface area contributed by atoms with Crippen molar-refractivity contribution in [3.8, 4) is 11.4 Å². The van der Waals surface area contributed by atoms with Crippen LogP contribution in [0.2, 0.25) is 0 Å². The standard InChI is InChI=1S/C23H28N4OS2/c1-6-13-27-21(17-9-11-18(12-10-17)23(2,3)4)24-25-22(27)30-16-20(28)26(5)15-19-8-7-14-29-19/h6-12,14H,1,13,15-16H2,2-5H3. The maximum Gasteiger partial charge on any atom is 0.233 e. The van der Waals surface area contributed by atoms with Gasteiger partial charge >= 0.3 is 0 Å². The van der Waals surface area contributed by atoms with Crippen molar-refractivity contribution in [1.29, 1.82) is 0 Å². The van der Waals surface area contributed by atoms with Crippen LogP contribution >= 0.6 is 23.1 Å². The monoisotopic (exact) mass is 440 g/mol. The van der Waals surface area contributed by atoms with E-state index in [-0.39, 0.29) is 11.3 Å². The minimum Gasteiger partial charge on any atom is -0.340 e. The molecular weight excluding hydrogens is 412 g/mol. The molecule has 0 bridgehead atoms. The van der Waals surface area contributed by atoms with Crippen LogP contribution in [0.3, 0.4) is 0 Å². The fourth-order valence-corrected chi connectivity index (χ4v) is 4.63. The van der Waals surface area contributed by atoms with Gasteiger partial charge in [0.05, 0.1) is 12.3 Å². The van der Waals surface area contributed by atoms with Crippen LogP contribution in [0.15, 0.2) is 59.6 Å². The highest BCUT2D eigenvalue weighted by molar-refractivity contribution is 7.99. The van der Waals surface area contributed by atoms with E-state index in [1.807, 2.05) is 35.2 Å². The van der Waals surface area contributed by atoms with Crippen molar-refractivity contribution in [1.82, 2.24) is 19.7 Å². The van der Waals surface area contributed by atoms with E-state index in [0.29, 0.717) is 18.8 Å². The maximum atomic E-state index is 12.6. The Hall–Kier alpha value is -2.38. The Morgan fingerprint density at radius 2 is 1.97 bits per heavy atom. The fraction of sp³-hybridized carbons (Fsp3) is 0.348. The Bertz CT molecular complexity index is 985. The van der Waals surface area contributed by atoms with E-state index < -0.39 is 0 Å². The summed E-state index contributed by atoms with van der Waals surface area (Å²) in [5, 5.41) is 11.5. The highest BCUT2D eigenvalue weighted by atomic mass is 32.2. The molecule has 3 rings (SSSR count). The topological polar surface area (TPSA) is 51.0 Å². The van der Waals surface area contributed by atoms with E-state index in [4.69, 9.17) is 0 Å². The summed E-state index contributed by atoms with van der Waals surface area (Å²) in [5.41, 5.74) is 2.38. The molecule has 2 heterocycles. The summed E-state index contributed by atoms with van der Waals surface area (Å²) in [5.74, 6) is 1.18. The molecule has 0 N–H and O–H groups in total. The maximum absolute atomic E-state index is 12.6. The van der Waals surface area contributed by atoms with Gasteiger partial charge in [-0.2, -0.15) is 0 Å². The highest BCUT2D eigenvalue weighted by Crippen LogP contribution is 2.28. The molecule has 0 aliphatic carbocycles. The molecule has 0 saturated carbocycles. The molecule has 0 spiro atoms. The van der Waals surface area contributed by atoms with Gasteiger partial charge in [-0.05, 0) is 22.4 Å². The van der Waals surface area contributed by atoms with Crippen molar-refractivity contribution in [3.63, 3.8) is 0 Å². The summed E-state index contributed by atoms with van der Waals surface area (Å²) in [7, 11) is 1.83. The van der Waals surface area contributed by atoms with Crippen LogP contribution in [0, 0.1) is 0 Å². The van der Waals surface area contributed by atoms with Crippen LogP contribution in [0.5, 0.6) is 0 Å². The predicted octanol–water partition coefficient (Wildman–Crippen LogP) is 5.24. The van der Waals surface area contributed by atoms with Crippen LogP contribution in [-0.2, 0) is 23.3 Å². The van der Waals surface area contributed by atoms with Gasteiger partial charge in [0.2, 0.25) is 5.91 Å². The molecule has 30 heavy (non-hydrogen) atoms. The lowest BCUT2D eigenvalue weighted by molar-refractivity contribution is -0.127. The molecule has 3 aromatic rings. The van der Waals surface area contributed by atoms with Crippen molar-refractivity contribution in [2.75, 3.05) is 12.8 Å². The lowest BCUT2D eigenvalue weighted by Crippen LogP contribution is -2.27. The van der Waals surface area contributed by atoms with E-state index in [2.05, 4.69) is 61.8 Å². The van der Waals surface area contributed by atoms with Crippen LogP contribution in [0.4, 0.5) is 0 Å². The number of thioether (sulfide) groups is 1. The van der Waals surface area contributed by atoms with E-state index in [1.54, 1.807) is 16.2 Å². The molecule has 158 valence electrons. The fourth-order valence-electron chi connectivity index (χ4n) is 2.98. The summed E-state index contributed by atoms with van der Waals surface area (Å²) in [4.78, 5) is 15.5. The smallest absolute Gasteiger partial charge is 0.233 e. The number of hydrogen-bond donors (Lipinski definition) is 0. The summed E-state index contributed by atoms with van der Waals surface area (Å²) in [6.45, 7) is 11.7. The largest absolute Gasteiger partial charge is 0.340 e. The lowest BCUT2D eigenvalue weighted by atomic mass is 9.87. The van der Waals surface area contributed by atoms with Crippen molar-refractivity contribution in [3.05, 3.63) is 64.9 Å². The van der Waals surface area contributed by atoms with Crippen molar-refractivity contribution in [2.24, 2.45) is 0 Å². The van der Waals surface area contributed by atoms with E-state index in [0.717, 1.165) is 16.5 Å². The number of thiophene rings is 1. The van der Waals surface area contributed by atoms with Gasteiger partial charge in [0, 0.05) is 24.0 Å². The number of hydrogen-bond acceptors (Lipinski definition) is 5. The van der Waals surface area contributed by atoms with Crippen molar-refractivity contribution >= 4 is 29.0 Å². The SMILES string of the molecule is C=CCn1c(SCC(=O)N(C)Cc2cccs2)nnc1-c1ccc(C(C)(C)C)cc1. The molecule has 5 nitrogen and oxygen atoms in total. The van der Waals surface area contributed by atoms with E-state index in [1.165, 1.54) is 22.2 Å². The Labute approximate surface area is 186 Å². The average molecular weight is 441 g/mol. The van der Waals surface area contributed by atoms with Gasteiger partial charge in [-0.1, -0.05) is 68.9 Å². The Morgan fingerprint density at radius 1 is 1.23 bits per heavy atom. The number of nitrogens with zero attached hydrogens (tertiary/aromatic N) is 4. The van der Waals surface area contributed by atoms with E-state index >= 15 is 0 Å². The molecule has 0 saturated heterocycles. The first kappa shape index (κ1) is 22.3. The summed E-state index contributed by atoms with van der Waals surface area (Å²) >= 11 is 3.07. The highest BCUT2D eigenvalue weighted by Gasteiger charge is 2.18. The van der Waals surface area contributed by atoms with Crippen molar-refractivity contribution in [2.45, 2.75) is 44.4 Å². The van der Waals surface area contributed by atoms with Crippen LogP contribution in [0.1, 0.15) is 31.2 Å². The number of carbonyl (C=O) groups excluding carboxylic acids is 1. The minimum atomic E-state index is 0.0673. The summed E-state index contributed by atoms with van der Waals surface area (Å²) in [6, 6.07) is 12.5. The Morgan fingerprint density at radius 3 is 2.57 bits per heavy atom. The van der Waals surface area contributed by atoms with Crippen LogP contribution in [0.25, 0.3) is 11.4 Å². The Balaban J connectivity index is 1.72. The molecule has 0 unspecified atom stereocenters. The third-order valence-electron chi connectivity index (χ3n) is 4.76. The number of amides is 1. The first-order chi connectivity index (χ1) is 14.3. The quantitative estimate of drug-likeness (QED) is 0.355. The molecule has 0 aliphatic rings. The van der Waals surface area contributed by atoms with Gasteiger partial charge < -0.3 is 4.90 Å². The van der Waals surface area contributed by atoms with Gasteiger partial charge in [-0.25, -0.2) is 0 Å². The second-order valence-corrected chi connectivity index (χ2v) is 10.1. The third-order valence-corrected chi connectivity index (χ3v) is 6.57. The summed E-state index contributed by atoms with van der Waals surface area (Å²) < 4.78 is 2.01. The second-order valence-electron chi connectivity index (χ2n) is 8.15. The minimum absolute atomic E-state index is 0.0673. The average Bonchev–Trinajstić information content (AvgIpc) is 3.36.